The lowest BCUT2D eigenvalue weighted by Gasteiger charge is -2.30. The summed E-state index contributed by atoms with van der Waals surface area (Å²) in [7, 11) is -3.84. The first-order valence-electron chi connectivity index (χ1n) is 9.84. The van der Waals surface area contributed by atoms with Gasteiger partial charge in [-0.05, 0) is 45.4 Å². The molecule has 0 bridgehead atoms. The van der Waals surface area contributed by atoms with Gasteiger partial charge >= 0.3 is 5.97 Å². The fraction of sp³-hybridized carbons (Fsp3) is 0.429. The molecule has 2 heterocycles. The zero-order chi connectivity index (χ0) is 22.8. The maximum Gasteiger partial charge on any atom is 0.341 e. The van der Waals surface area contributed by atoms with Crippen molar-refractivity contribution in [1.29, 1.82) is 0 Å². The Bertz CT molecular complexity index is 1090. The zero-order valence-corrected chi connectivity index (χ0v) is 19.5. The maximum atomic E-state index is 12.6. The highest BCUT2D eigenvalue weighted by atomic mass is 32.2. The minimum Gasteiger partial charge on any atom is -0.462 e. The highest BCUT2D eigenvalue weighted by Gasteiger charge is 2.34. The van der Waals surface area contributed by atoms with Crippen LogP contribution in [0, 0.1) is 6.92 Å². The van der Waals surface area contributed by atoms with Crippen molar-refractivity contribution in [2.24, 2.45) is 0 Å². The molecule has 0 aliphatic carbocycles. The number of amides is 1. The quantitative estimate of drug-likeness (QED) is 0.607. The van der Waals surface area contributed by atoms with Gasteiger partial charge in [0.15, 0.2) is 0 Å². The maximum absolute atomic E-state index is 12.6. The van der Waals surface area contributed by atoms with Crippen LogP contribution in [0.1, 0.15) is 47.1 Å². The molecule has 0 unspecified atom stereocenters. The van der Waals surface area contributed by atoms with Crippen LogP contribution in [0.5, 0.6) is 0 Å². The van der Waals surface area contributed by atoms with Crippen molar-refractivity contribution in [3.63, 3.8) is 0 Å². The second kappa shape index (κ2) is 9.07. The molecule has 10 heteroatoms. The second-order valence-corrected chi connectivity index (χ2v) is 10.7. The number of nitrogens with one attached hydrogen (secondary N) is 2. The summed E-state index contributed by atoms with van der Waals surface area (Å²) in [5.74, 6) is -1.10. The molecule has 3 rings (SSSR count). The molecular weight excluding hydrogens is 440 g/mol. The summed E-state index contributed by atoms with van der Waals surface area (Å²) in [6, 6.07) is 6.31. The van der Waals surface area contributed by atoms with Crippen LogP contribution in [-0.4, -0.2) is 39.0 Å². The molecular formula is C21H26N2O6S2. The molecule has 1 aromatic heterocycles. The lowest BCUT2D eigenvalue weighted by Crippen LogP contribution is -2.33. The van der Waals surface area contributed by atoms with Gasteiger partial charge in [0, 0.05) is 11.3 Å². The van der Waals surface area contributed by atoms with E-state index in [1.165, 1.54) is 23.5 Å². The van der Waals surface area contributed by atoms with Crippen LogP contribution in [-0.2, 0) is 37.3 Å². The van der Waals surface area contributed by atoms with Gasteiger partial charge in [-0.3, -0.25) is 4.79 Å². The lowest BCUT2D eigenvalue weighted by molar-refractivity contribution is -0.115. The third-order valence-corrected chi connectivity index (χ3v) is 7.31. The Kier molecular flexibility index (Phi) is 6.85. The fourth-order valence-electron chi connectivity index (χ4n) is 3.19. The van der Waals surface area contributed by atoms with Crippen LogP contribution in [0.2, 0.25) is 0 Å². The van der Waals surface area contributed by atoms with Crippen LogP contribution in [0.4, 0.5) is 5.00 Å². The SMILES string of the molecule is CCOC(=O)c1c(NC(=O)CNS(=O)(=O)c2ccc(C)cc2)sc2c1CC(C)(C)OC2. The minimum atomic E-state index is -3.84. The molecule has 8 nitrogen and oxygen atoms in total. The second-order valence-electron chi connectivity index (χ2n) is 7.84. The van der Waals surface area contributed by atoms with E-state index >= 15 is 0 Å². The summed E-state index contributed by atoms with van der Waals surface area (Å²) in [5.41, 5.74) is 1.60. The van der Waals surface area contributed by atoms with Gasteiger partial charge in [-0.25, -0.2) is 17.9 Å². The van der Waals surface area contributed by atoms with E-state index in [4.69, 9.17) is 9.47 Å². The topological polar surface area (TPSA) is 111 Å². The Morgan fingerprint density at radius 2 is 1.90 bits per heavy atom. The Balaban J connectivity index is 1.77. The predicted octanol–water partition coefficient (Wildman–Crippen LogP) is 3.00. The molecule has 31 heavy (non-hydrogen) atoms. The number of fused-ring (bicyclic) bond motifs is 1. The first-order valence-corrected chi connectivity index (χ1v) is 12.1. The standard InChI is InChI=1S/C21H26N2O6S2/c1-5-28-20(25)18-15-10-21(3,4)29-12-16(15)30-19(18)23-17(24)11-22-31(26,27)14-8-6-13(2)7-9-14/h6-9,22H,5,10-12H2,1-4H3,(H,23,24). The molecule has 1 aliphatic rings. The molecule has 2 N–H and O–H groups in total. The Hall–Kier alpha value is -2.27. The molecule has 0 radical (unpaired) electrons. The lowest BCUT2D eigenvalue weighted by atomic mass is 9.93. The van der Waals surface area contributed by atoms with Crippen LogP contribution in [0.15, 0.2) is 29.2 Å². The third-order valence-electron chi connectivity index (χ3n) is 4.77. The number of carbonyl (C=O) groups excluding carboxylic acids is 2. The zero-order valence-electron chi connectivity index (χ0n) is 17.9. The summed E-state index contributed by atoms with van der Waals surface area (Å²) in [6.45, 7) is 7.49. The van der Waals surface area contributed by atoms with E-state index in [0.717, 1.165) is 16.0 Å². The van der Waals surface area contributed by atoms with Gasteiger partial charge < -0.3 is 14.8 Å². The number of carbonyl (C=O) groups is 2. The van der Waals surface area contributed by atoms with E-state index in [1.807, 2.05) is 20.8 Å². The van der Waals surface area contributed by atoms with Crippen molar-refractivity contribution in [2.75, 3.05) is 18.5 Å². The van der Waals surface area contributed by atoms with Crippen molar-refractivity contribution in [2.45, 2.75) is 51.2 Å². The Morgan fingerprint density at radius 3 is 2.55 bits per heavy atom. The van der Waals surface area contributed by atoms with Gasteiger partial charge in [0.1, 0.15) is 5.00 Å². The normalized spacial score (nSPS) is 15.2. The van der Waals surface area contributed by atoms with Crippen LogP contribution >= 0.6 is 11.3 Å². The molecule has 168 valence electrons. The number of hydrogen-bond acceptors (Lipinski definition) is 7. The summed E-state index contributed by atoms with van der Waals surface area (Å²) in [6.07, 6.45) is 0.503. The van der Waals surface area contributed by atoms with Crippen LogP contribution in [0.3, 0.4) is 0 Å². The smallest absolute Gasteiger partial charge is 0.341 e. The average molecular weight is 467 g/mol. The van der Waals surface area contributed by atoms with Gasteiger partial charge in [0.05, 0.1) is 35.8 Å². The summed E-state index contributed by atoms with van der Waals surface area (Å²) < 4.78 is 38.1. The van der Waals surface area contributed by atoms with E-state index in [9.17, 15) is 18.0 Å². The number of hydrogen-bond donors (Lipinski definition) is 2. The van der Waals surface area contributed by atoms with Crippen molar-refractivity contribution in [3.05, 3.63) is 45.8 Å². The van der Waals surface area contributed by atoms with Gasteiger partial charge in [-0.1, -0.05) is 17.7 Å². The van der Waals surface area contributed by atoms with Gasteiger partial charge in [-0.15, -0.1) is 11.3 Å². The van der Waals surface area contributed by atoms with E-state index in [1.54, 1.807) is 19.1 Å². The van der Waals surface area contributed by atoms with E-state index in [0.29, 0.717) is 23.6 Å². The molecule has 0 fully saturated rings. The average Bonchev–Trinajstić information content (AvgIpc) is 3.03. The Labute approximate surface area is 186 Å². The van der Waals surface area contributed by atoms with Gasteiger partial charge in [0.25, 0.3) is 0 Å². The van der Waals surface area contributed by atoms with Crippen molar-refractivity contribution < 1.29 is 27.5 Å². The van der Waals surface area contributed by atoms with E-state index < -0.39 is 34.0 Å². The fourth-order valence-corrected chi connectivity index (χ4v) is 5.31. The number of benzene rings is 1. The van der Waals surface area contributed by atoms with E-state index in [-0.39, 0.29) is 11.5 Å². The third kappa shape index (κ3) is 5.51. The predicted molar refractivity (Wildman–Crippen MR) is 118 cm³/mol. The summed E-state index contributed by atoms with van der Waals surface area (Å²) in [5, 5.41) is 3.00. The molecule has 1 amide bonds. The molecule has 2 aromatic rings. The minimum absolute atomic E-state index is 0.0732. The van der Waals surface area contributed by atoms with Gasteiger partial charge in [0.2, 0.25) is 15.9 Å². The monoisotopic (exact) mass is 466 g/mol. The number of sulfonamides is 1. The van der Waals surface area contributed by atoms with Crippen LogP contribution in [0.25, 0.3) is 0 Å². The summed E-state index contributed by atoms with van der Waals surface area (Å²) >= 11 is 1.24. The highest BCUT2D eigenvalue weighted by Crippen LogP contribution is 2.40. The number of aryl methyl sites for hydroxylation is 1. The first kappa shape index (κ1) is 23.4. The molecule has 0 saturated heterocycles. The molecule has 1 aromatic carbocycles. The largest absolute Gasteiger partial charge is 0.462 e. The molecule has 1 aliphatic heterocycles. The highest BCUT2D eigenvalue weighted by molar-refractivity contribution is 7.89. The van der Waals surface area contributed by atoms with Gasteiger partial charge in [-0.2, -0.15) is 0 Å². The van der Waals surface area contributed by atoms with Crippen molar-refractivity contribution in [1.82, 2.24) is 4.72 Å². The molecule has 0 saturated carbocycles. The van der Waals surface area contributed by atoms with Crippen molar-refractivity contribution in [3.8, 4) is 0 Å². The summed E-state index contributed by atoms with van der Waals surface area (Å²) in [4.78, 5) is 26.0. The Morgan fingerprint density at radius 1 is 1.23 bits per heavy atom. The number of esters is 1. The first-order chi connectivity index (χ1) is 14.5. The molecule has 0 atom stereocenters. The van der Waals surface area contributed by atoms with Crippen LogP contribution < -0.4 is 10.0 Å². The van der Waals surface area contributed by atoms with E-state index in [2.05, 4.69) is 10.0 Å². The number of anilines is 1. The molecule has 0 spiro atoms. The number of thiophene rings is 1. The number of ether oxygens (including phenoxy) is 2. The van der Waals surface area contributed by atoms with Crippen molar-refractivity contribution >= 4 is 38.2 Å². The number of rotatable bonds is 7.